The van der Waals surface area contributed by atoms with E-state index in [-0.39, 0.29) is 11.8 Å². The van der Waals surface area contributed by atoms with Crippen molar-refractivity contribution in [3.63, 3.8) is 0 Å². The van der Waals surface area contributed by atoms with Gasteiger partial charge in [0, 0.05) is 48.5 Å². The smallest absolute Gasteiger partial charge is 0.274 e. The normalized spacial score (nSPS) is 18.3. The van der Waals surface area contributed by atoms with E-state index in [1.165, 1.54) is 12.4 Å². The first kappa shape index (κ1) is 16.0. The molecule has 25 heavy (non-hydrogen) atoms. The lowest BCUT2D eigenvalue weighted by Gasteiger charge is -2.45. The van der Waals surface area contributed by atoms with Crippen LogP contribution in [-0.2, 0) is 0 Å². The van der Waals surface area contributed by atoms with Gasteiger partial charge in [0.25, 0.3) is 11.8 Å². The van der Waals surface area contributed by atoms with Crippen LogP contribution < -0.4 is 10.6 Å². The van der Waals surface area contributed by atoms with Crippen LogP contribution in [-0.4, -0.2) is 45.4 Å². The number of nitrogens with one attached hydrogen (secondary N) is 2. The molecule has 1 spiro atoms. The fraction of sp³-hybridized carbons (Fsp3) is 0.294. The first-order valence-electron chi connectivity index (χ1n) is 8.02. The van der Waals surface area contributed by atoms with E-state index < -0.39 is 5.66 Å². The average Bonchev–Trinajstić information content (AvgIpc) is 2.63. The molecule has 2 amide bonds. The van der Waals surface area contributed by atoms with Crippen LogP contribution in [0.5, 0.6) is 0 Å². The van der Waals surface area contributed by atoms with Crippen LogP contribution in [0.1, 0.15) is 33.7 Å². The number of hydrogen-bond donors (Lipinski definition) is 2. The molecule has 2 aliphatic heterocycles. The van der Waals surface area contributed by atoms with Gasteiger partial charge in [-0.2, -0.15) is 0 Å². The fourth-order valence-electron chi connectivity index (χ4n) is 3.30. The minimum atomic E-state index is -0.517. The number of nitrogens with zero attached hydrogens (tertiary/aromatic N) is 3. The molecule has 1 saturated heterocycles. The highest BCUT2D eigenvalue weighted by Gasteiger charge is 2.41. The molecule has 3 heterocycles. The summed E-state index contributed by atoms with van der Waals surface area (Å²) < 4.78 is 0.864. The molecule has 0 atom stereocenters. The first-order valence-corrected chi connectivity index (χ1v) is 8.81. The number of carbonyl (C=O) groups is 2. The van der Waals surface area contributed by atoms with Crippen LogP contribution in [0.2, 0.25) is 0 Å². The summed E-state index contributed by atoms with van der Waals surface area (Å²) in [5, 5.41) is 6.53. The standard InChI is InChI=1S/C17H16BrN5O2/c18-11-1-2-13-12(9-11)15(24)22-17(21-13)3-7-23(8-4-17)16(25)14-10-19-5-6-20-14/h1-2,5-6,9-10,21H,3-4,7-8H2,(H,22,24). The lowest BCUT2D eigenvalue weighted by Crippen LogP contribution is -2.62. The van der Waals surface area contributed by atoms with Crippen LogP contribution >= 0.6 is 15.9 Å². The predicted octanol–water partition coefficient (Wildman–Crippen LogP) is 2.03. The van der Waals surface area contributed by atoms with Crippen molar-refractivity contribution in [2.75, 3.05) is 18.4 Å². The molecule has 2 N–H and O–H groups in total. The summed E-state index contributed by atoms with van der Waals surface area (Å²) in [5.41, 5.74) is 1.27. The molecule has 0 unspecified atom stereocenters. The second-order valence-electron chi connectivity index (χ2n) is 6.23. The van der Waals surface area contributed by atoms with Crippen molar-refractivity contribution in [3.05, 3.63) is 52.5 Å². The topological polar surface area (TPSA) is 87.2 Å². The van der Waals surface area contributed by atoms with Crippen LogP contribution in [0.15, 0.2) is 41.3 Å². The van der Waals surface area contributed by atoms with Crippen LogP contribution in [0.25, 0.3) is 0 Å². The Bertz CT molecular complexity index is 834. The fourth-order valence-corrected chi connectivity index (χ4v) is 3.66. The Hall–Kier alpha value is -2.48. The summed E-state index contributed by atoms with van der Waals surface area (Å²) in [6.45, 7) is 1.07. The molecule has 0 aliphatic carbocycles. The molecule has 2 aliphatic rings. The number of fused-ring (bicyclic) bond motifs is 1. The Kier molecular flexibility index (Phi) is 3.91. The van der Waals surface area contributed by atoms with Gasteiger partial charge in [-0.1, -0.05) is 15.9 Å². The maximum atomic E-state index is 12.5. The summed E-state index contributed by atoms with van der Waals surface area (Å²) in [7, 11) is 0. The minimum Gasteiger partial charge on any atom is -0.362 e. The van der Waals surface area contributed by atoms with E-state index in [0.717, 1.165) is 10.2 Å². The van der Waals surface area contributed by atoms with Gasteiger partial charge in [0.15, 0.2) is 0 Å². The van der Waals surface area contributed by atoms with Crippen LogP contribution in [0, 0.1) is 0 Å². The third-order valence-corrected chi connectivity index (χ3v) is 5.13. The SMILES string of the molecule is O=C1NC2(CCN(C(=O)c3cnccn3)CC2)Nc2ccc(Br)cc21. The Morgan fingerprint density at radius 1 is 1.20 bits per heavy atom. The lowest BCUT2D eigenvalue weighted by atomic mass is 9.92. The minimum absolute atomic E-state index is 0.0937. The molecule has 1 fully saturated rings. The largest absolute Gasteiger partial charge is 0.362 e. The van der Waals surface area contributed by atoms with Crippen molar-refractivity contribution >= 4 is 33.4 Å². The van der Waals surface area contributed by atoms with Gasteiger partial charge in [-0.05, 0) is 18.2 Å². The lowest BCUT2D eigenvalue weighted by molar-refractivity contribution is 0.0634. The Morgan fingerprint density at radius 2 is 2.00 bits per heavy atom. The molecule has 2 aromatic rings. The molecule has 0 radical (unpaired) electrons. The molecule has 1 aromatic carbocycles. The number of carbonyl (C=O) groups excluding carboxylic acids is 2. The Labute approximate surface area is 153 Å². The van der Waals surface area contributed by atoms with E-state index in [2.05, 4.69) is 36.5 Å². The zero-order valence-electron chi connectivity index (χ0n) is 13.3. The van der Waals surface area contributed by atoms with Gasteiger partial charge in [0.1, 0.15) is 11.4 Å². The quantitative estimate of drug-likeness (QED) is 0.763. The van der Waals surface area contributed by atoms with Crippen molar-refractivity contribution in [3.8, 4) is 0 Å². The van der Waals surface area contributed by atoms with Gasteiger partial charge < -0.3 is 15.5 Å². The molecule has 0 bridgehead atoms. The van der Waals surface area contributed by atoms with Crippen molar-refractivity contribution in [2.45, 2.75) is 18.5 Å². The van der Waals surface area contributed by atoms with E-state index in [9.17, 15) is 9.59 Å². The van der Waals surface area contributed by atoms with E-state index in [0.29, 0.717) is 37.2 Å². The number of amides is 2. The van der Waals surface area contributed by atoms with Gasteiger partial charge in [-0.3, -0.25) is 14.6 Å². The maximum Gasteiger partial charge on any atom is 0.274 e. The van der Waals surface area contributed by atoms with Crippen molar-refractivity contribution in [1.29, 1.82) is 0 Å². The zero-order chi connectivity index (χ0) is 17.4. The Morgan fingerprint density at radius 3 is 2.72 bits per heavy atom. The van der Waals surface area contributed by atoms with E-state index in [1.54, 1.807) is 17.2 Å². The van der Waals surface area contributed by atoms with Crippen LogP contribution in [0.3, 0.4) is 0 Å². The van der Waals surface area contributed by atoms with Crippen molar-refractivity contribution < 1.29 is 9.59 Å². The van der Waals surface area contributed by atoms with Gasteiger partial charge in [0.05, 0.1) is 11.8 Å². The molecular formula is C17H16BrN5O2. The third-order valence-electron chi connectivity index (χ3n) is 4.64. The second-order valence-corrected chi connectivity index (χ2v) is 7.15. The summed E-state index contributed by atoms with van der Waals surface area (Å²) in [6, 6.07) is 5.61. The Balaban J connectivity index is 1.49. The number of likely N-dealkylation sites (tertiary alicyclic amines) is 1. The number of hydrogen-bond acceptors (Lipinski definition) is 5. The van der Waals surface area contributed by atoms with Crippen LogP contribution in [0.4, 0.5) is 5.69 Å². The molecule has 8 heteroatoms. The van der Waals surface area contributed by atoms with E-state index in [1.807, 2.05) is 12.1 Å². The number of aromatic nitrogens is 2. The number of halogens is 1. The second kappa shape index (κ2) is 6.11. The number of piperidine rings is 1. The highest BCUT2D eigenvalue weighted by Crippen LogP contribution is 2.33. The van der Waals surface area contributed by atoms with Gasteiger partial charge in [-0.25, -0.2) is 4.98 Å². The van der Waals surface area contributed by atoms with Gasteiger partial charge >= 0.3 is 0 Å². The number of anilines is 1. The zero-order valence-corrected chi connectivity index (χ0v) is 14.9. The highest BCUT2D eigenvalue weighted by molar-refractivity contribution is 9.10. The molecule has 0 saturated carbocycles. The number of rotatable bonds is 1. The average molecular weight is 402 g/mol. The third kappa shape index (κ3) is 2.97. The highest BCUT2D eigenvalue weighted by atomic mass is 79.9. The van der Waals surface area contributed by atoms with E-state index in [4.69, 9.17) is 0 Å². The van der Waals surface area contributed by atoms with Gasteiger partial charge in [0.2, 0.25) is 0 Å². The first-order chi connectivity index (χ1) is 12.1. The molecule has 4 rings (SSSR count). The maximum absolute atomic E-state index is 12.5. The van der Waals surface area contributed by atoms with Gasteiger partial charge in [-0.15, -0.1) is 0 Å². The summed E-state index contributed by atoms with van der Waals surface area (Å²) >= 11 is 3.39. The summed E-state index contributed by atoms with van der Waals surface area (Å²) in [5.74, 6) is -0.224. The molecule has 1 aromatic heterocycles. The molecular weight excluding hydrogens is 386 g/mol. The monoisotopic (exact) mass is 401 g/mol. The summed E-state index contributed by atoms with van der Waals surface area (Å²) in [6.07, 6.45) is 5.78. The van der Waals surface area contributed by atoms with E-state index >= 15 is 0 Å². The number of benzene rings is 1. The summed E-state index contributed by atoms with van der Waals surface area (Å²) in [4.78, 5) is 34.7. The van der Waals surface area contributed by atoms with Crippen molar-refractivity contribution in [1.82, 2.24) is 20.2 Å². The molecule has 7 nitrogen and oxygen atoms in total. The molecule has 128 valence electrons. The van der Waals surface area contributed by atoms with Crippen molar-refractivity contribution in [2.24, 2.45) is 0 Å². The predicted molar refractivity (Wildman–Crippen MR) is 95.1 cm³/mol.